The average molecular weight is 272 g/mol. The van der Waals surface area contributed by atoms with Crippen LogP contribution in [0.1, 0.15) is 26.2 Å². The molecule has 0 spiro atoms. The molecular formula is C14H28N2OS. The van der Waals surface area contributed by atoms with Crippen molar-refractivity contribution in [3.05, 3.63) is 0 Å². The molecule has 2 aliphatic heterocycles. The van der Waals surface area contributed by atoms with Crippen LogP contribution in [0.3, 0.4) is 0 Å². The van der Waals surface area contributed by atoms with Crippen molar-refractivity contribution in [3.63, 3.8) is 0 Å². The largest absolute Gasteiger partial charge is 0.381 e. The first kappa shape index (κ1) is 14.6. The van der Waals surface area contributed by atoms with Gasteiger partial charge in [-0.2, -0.15) is 11.8 Å². The highest BCUT2D eigenvalue weighted by Gasteiger charge is 2.35. The van der Waals surface area contributed by atoms with Gasteiger partial charge in [0.2, 0.25) is 0 Å². The maximum absolute atomic E-state index is 5.56. The molecule has 0 amide bonds. The highest BCUT2D eigenvalue weighted by atomic mass is 32.2. The number of ether oxygens (including phenoxy) is 1. The van der Waals surface area contributed by atoms with Crippen LogP contribution in [0.2, 0.25) is 0 Å². The standard InChI is InChI=1S/C14H28N2OS/c1-3-15-11-14(5-7-17-8-6-14)12-16(2)13-4-9-18-10-13/h13,15H,3-12H2,1-2H3. The van der Waals surface area contributed by atoms with E-state index < -0.39 is 0 Å². The van der Waals surface area contributed by atoms with Crippen LogP contribution in [0, 0.1) is 5.41 Å². The summed E-state index contributed by atoms with van der Waals surface area (Å²) in [6.07, 6.45) is 3.79. The van der Waals surface area contributed by atoms with Gasteiger partial charge < -0.3 is 15.0 Å². The molecule has 2 fully saturated rings. The molecule has 1 atom stereocenters. The third-order valence-corrected chi connectivity index (χ3v) is 5.56. The molecule has 0 saturated carbocycles. The van der Waals surface area contributed by atoms with Crippen molar-refractivity contribution in [2.75, 3.05) is 51.4 Å². The molecular weight excluding hydrogens is 244 g/mol. The number of hydrogen-bond donors (Lipinski definition) is 1. The predicted molar refractivity (Wildman–Crippen MR) is 79.4 cm³/mol. The Morgan fingerprint density at radius 1 is 1.39 bits per heavy atom. The van der Waals surface area contributed by atoms with Crippen LogP contribution in [-0.4, -0.2) is 62.3 Å². The van der Waals surface area contributed by atoms with E-state index in [4.69, 9.17) is 4.74 Å². The fourth-order valence-electron chi connectivity index (χ4n) is 3.11. The second kappa shape index (κ2) is 7.13. The third kappa shape index (κ3) is 3.86. The van der Waals surface area contributed by atoms with Crippen molar-refractivity contribution >= 4 is 11.8 Å². The molecule has 2 rings (SSSR count). The maximum Gasteiger partial charge on any atom is 0.0472 e. The van der Waals surface area contributed by atoms with Crippen LogP contribution in [0.4, 0.5) is 0 Å². The molecule has 2 saturated heterocycles. The van der Waals surface area contributed by atoms with Gasteiger partial charge in [0.15, 0.2) is 0 Å². The van der Waals surface area contributed by atoms with E-state index in [0.717, 1.165) is 32.3 Å². The zero-order valence-electron chi connectivity index (χ0n) is 11.9. The summed E-state index contributed by atoms with van der Waals surface area (Å²) in [4.78, 5) is 2.61. The van der Waals surface area contributed by atoms with Crippen LogP contribution in [0.15, 0.2) is 0 Å². The smallest absolute Gasteiger partial charge is 0.0472 e. The van der Waals surface area contributed by atoms with Crippen molar-refractivity contribution in [2.24, 2.45) is 5.41 Å². The summed E-state index contributed by atoms with van der Waals surface area (Å²) in [5.74, 6) is 2.67. The van der Waals surface area contributed by atoms with Gasteiger partial charge >= 0.3 is 0 Å². The lowest BCUT2D eigenvalue weighted by atomic mass is 9.79. The summed E-state index contributed by atoms with van der Waals surface area (Å²) < 4.78 is 5.56. The molecule has 2 aliphatic rings. The molecule has 18 heavy (non-hydrogen) atoms. The summed E-state index contributed by atoms with van der Waals surface area (Å²) in [5.41, 5.74) is 0.441. The lowest BCUT2D eigenvalue weighted by Gasteiger charge is -2.41. The van der Waals surface area contributed by atoms with Gasteiger partial charge in [0.1, 0.15) is 0 Å². The highest BCUT2D eigenvalue weighted by Crippen LogP contribution is 2.32. The van der Waals surface area contributed by atoms with Gasteiger partial charge in [-0.25, -0.2) is 0 Å². The normalized spacial score (nSPS) is 27.8. The molecule has 106 valence electrons. The van der Waals surface area contributed by atoms with Crippen molar-refractivity contribution in [1.82, 2.24) is 10.2 Å². The number of thioether (sulfide) groups is 1. The van der Waals surface area contributed by atoms with E-state index in [1.165, 1.54) is 37.3 Å². The summed E-state index contributed by atoms with van der Waals surface area (Å²) in [6.45, 7) is 7.54. The van der Waals surface area contributed by atoms with E-state index in [2.05, 4.69) is 35.9 Å². The summed E-state index contributed by atoms with van der Waals surface area (Å²) >= 11 is 2.11. The Bertz CT molecular complexity index is 238. The minimum absolute atomic E-state index is 0.441. The number of nitrogens with one attached hydrogen (secondary N) is 1. The zero-order valence-corrected chi connectivity index (χ0v) is 12.7. The Morgan fingerprint density at radius 2 is 2.17 bits per heavy atom. The molecule has 0 bridgehead atoms. The summed E-state index contributed by atoms with van der Waals surface area (Å²) in [5, 5.41) is 3.57. The molecule has 1 unspecified atom stereocenters. The molecule has 0 aromatic heterocycles. The molecule has 4 heteroatoms. The lowest BCUT2D eigenvalue weighted by molar-refractivity contribution is -0.00493. The second-order valence-electron chi connectivity index (χ2n) is 5.83. The van der Waals surface area contributed by atoms with E-state index in [-0.39, 0.29) is 0 Å². The van der Waals surface area contributed by atoms with Gasteiger partial charge in [0.25, 0.3) is 0 Å². The summed E-state index contributed by atoms with van der Waals surface area (Å²) in [7, 11) is 2.32. The fourth-order valence-corrected chi connectivity index (χ4v) is 4.41. The van der Waals surface area contributed by atoms with Crippen LogP contribution < -0.4 is 5.32 Å². The van der Waals surface area contributed by atoms with Gasteiger partial charge in [-0.3, -0.25) is 0 Å². The molecule has 1 N–H and O–H groups in total. The van der Waals surface area contributed by atoms with Crippen LogP contribution >= 0.6 is 11.8 Å². The van der Waals surface area contributed by atoms with E-state index in [1.807, 2.05) is 0 Å². The van der Waals surface area contributed by atoms with Crippen LogP contribution in [0.25, 0.3) is 0 Å². The van der Waals surface area contributed by atoms with Crippen LogP contribution in [0.5, 0.6) is 0 Å². The zero-order chi connectivity index (χ0) is 12.8. The van der Waals surface area contributed by atoms with Gasteiger partial charge in [0.05, 0.1) is 0 Å². The fraction of sp³-hybridized carbons (Fsp3) is 1.00. The minimum Gasteiger partial charge on any atom is -0.381 e. The topological polar surface area (TPSA) is 24.5 Å². The first-order valence-electron chi connectivity index (χ1n) is 7.32. The molecule has 0 radical (unpaired) electrons. The monoisotopic (exact) mass is 272 g/mol. The van der Waals surface area contributed by atoms with E-state index in [1.54, 1.807) is 0 Å². The van der Waals surface area contributed by atoms with Crippen molar-refractivity contribution < 1.29 is 4.74 Å². The molecule has 3 nitrogen and oxygen atoms in total. The molecule has 2 heterocycles. The molecule has 0 aromatic carbocycles. The predicted octanol–water partition coefficient (Wildman–Crippen LogP) is 1.83. The number of hydrogen-bond acceptors (Lipinski definition) is 4. The quantitative estimate of drug-likeness (QED) is 0.797. The van der Waals surface area contributed by atoms with E-state index in [0.29, 0.717) is 5.41 Å². The van der Waals surface area contributed by atoms with Gasteiger partial charge in [0, 0.05) is 38.1 Å². The SMILES string of the molecule is CCNCC1(CN(C)C2CCSC2)CCOCC1. The Balaban J connectivity index is 1.90. The maximum atomic E-state index is 5.56. The number of rotatable bonds is 6. The van der Waals surface area contributed by atoms with Crippen LogP contribution in [-0.2, 0) is 4.74 Å². The third-order valence-electron chi connectivity index (χ3n) is 4.42. The van der Waals surface area contributed by atoms with Gasteiger partial charge in [-0.05, 0) is 44.0 Å². The lowest BCUT2D eigenvalue weighted by Crippen LogP contribution is -2.48. The van der Waals surface area contributed by atoms with Gasteiger partial charge in [-0.1, -0.05) is 6.92 Å². The van der Waals surface area contributed by atoms with E-state index >= 15 is 0 Å². The Morgan fingerprint density at radius 3 is 2.78 bits per heavy atom. The van der Waals surface area contributed by atoms with Crippen molar-refractivity contribution in [3.8, 4) is 0 Å². The van der Waals surface area contributed by atoms with Gasteiger partial charge in [-0.15, -0.1) is 0 Å². The first-order chi connectivity index (χ1) is 8.76. The molecule has 0 aliphatic carbocycles. The highest BCUT2D eigenvalue weighted by molar-refractivity contribution is 7.99. The first-order valence-corrected chi connectivity index (χ1v) is 8.48. The minimum atomic E-state index is 0.441. The van der Waals surface area contributed by atoms with Crippen molar-refractivity contribution in [2.45, 2.75) is 32.2 Å². The number of nitrogens with zero attached hydrogens (tertiary/aromatic N) is 1. The molecule has 0 aromatic rings. The van der Waals surface area contributed by atoms with E-state index in [9.17, 15) is 0 Å². The second-order valence-corrected chi connectivity index (χ2v) is 6.98. The Kier molecular flexibility index (Phi) is 5.80. The average Bonchev–Trinajstić information content (AvgIpc) is 2.91. The van der Waals surface area contributed by atoms with Crippen molar-refractivity contribution in [1.29, 1.82) is 0 Å². The summed E-state index contributed by atoms with van der Waals surface area (Å²) in [6, 6.07) is 0.802. The Labute approximate surface area is 116 Å². The Hall–Kier alpha value is 0.230.